The summed E-state index contributed by atoms with van der Waals surface area (Å²) in [6.45, 7) is 4.66. The van der Waals surface area contributed by atoms with Crippen LogP contribution in [-0.4, -0.2) is 89.9 Å². The van der Waals surface area contributed by atoms with E-state index in [0.717, 1.165) is 27.2 Å². The van der Waals surface area contributed by atoms with Gasteiger partial charge in [-0.05, 0) is 35.8 Å². The number of hydrogen-bond acceptors (Lipinski definition) is 8. The minimum absolute atomic E-state index is 0.182. The third-order valence-corrected chi connectivity index (χ3v) is 11.3. The maximum atomic E-state index is 14.0. The van der Waals surface area contributed by atoms with Gasteiger partial charge in [0.25, 0.3) is 5.91 Å². The summed E-state index contributed by atoms with van der Waals surface area (Å²) >= 11 is 0. The highest BCUT2D eigenvalue weighted by molar-refractivity contribution is 7.91. The number of rotatable bonds is 10. The molecule has 0 spiro atoms. The molecule has 2 aromatic rings. The van der Waals surface area contributed by atoms with Gasteiger partial charge in [0.1, 0.15) is 29.4 Å². The van der Waals surface area contributed by atoms with Crippen molar-refractivity contribution in [1.82, 2.24) is 20.3 Å². The molecule has 0 aromatic heterocycles. The van der Waals surface area contributed by atoms with Crippen molar-refractivity contribution in [3.05, 3.63) is 59.7 Å². The molecule has 16 heteroatoms. The van der Waals surface area contributed by atoms with Crippen LogP contribution in [0.1, 0.15) is 57.6 Å². The molecule has 0 radical (unpaired) electrons. The number of halogens is 2. The van der Waals surface area contributed by atoms with Gasteiger partial charge >= 0.3 is 6.09 Å². The van der Waals surface area contributed by atoms with Crippen LogP contribution in [-0.2, 0) is 29.2 Å². The number of sulfonamides is 1. The van der Waals surface area contributed by atoms with Gasteiger partial charge in [-0.15, -0.1) is 0 Å². The molecule has 3 aliphatic carbocycles. The van der Waals surface area contributed by atoms with Gasteiger partial charge in [-0.2, -0.15) is 0 Å². The zero-order valence-electron chi connectivity index (χ0n) is 27.0. The second-order valence-electron chi connectivity index (χ2n) is 14.0. The van der Waals surface area contributed by atoms with Crippen molar-refractivity contribution in [2.45, 2.75) is 81.9 Å². The predicted molar refractivity (Wildman–Crippen MR) is 172 cm³/mol. The maximum absolute atomic E-state index is 14.0. The van der Waals surface area contributed by atoms with Crippen LogP contribution in [0.5, 0.6) is 0 Å². The topological polar surface area (TPSA) is 184 Å². The molecule has 0 unspecified atom stereocenters. The molecule has 262 valence electrons. The highest BCUT2D eigenvalue weighted by Crippen LogP contribution is 2.48. The van der Waals surface area contributed by atoms with Crippen LogP contribution in [0.15, 0.2) is 53.7 Å². The van der Waals surface area contributed by atoms with E-state index < -0.39 is 87.0 Å². The van der Waals surface area contributed by atoms with Crippen LogP contribution in [0, 0.1) is 11.3 Å². The van der Waals surface area contributed by atoms with Crippen molar-refractivity contribution in [1.29, 1.82) is 0 Å². The van der Waals surface area contributed by atoms with E-state index in [9.17, 15) is 41.5 Å². The number of carboxylic acid groups (broad SMARTS) is 1. The largest absolute Gasteiger partial charge is 0.465 e. The van der Waals surface area contributed by atoms with Crippen molar-refractivity contribution in [3.63, 3.8) is 0 Å². The average molecular weight is 702 g/mol. The Kier molecular flexibility index (Phi) is 8.66. The summed E-state index contributed by atoms with van der Waals surface area (Å²) in [6.07, 6.45) is -5.48. The first kappa shape index (κ1) is 34.3. The summed E-state index contributed by atoms with van der Waals surface area (Å²) in [5, 5.41) is 17.7. The summed E-state index contributed by atoms with van der Waals surface area (Å²) in [7, 11) is -4.12. The minimum Gasteiger partial charge on any atom is -0.465 e. The lowest BCUT2D eigenvalue weighted by Crippen LogP contribution is -2.60. The number of nitrogens with one attached hydrogen (secondary N) is 3. The van der Waals surface area contributed by atoms with Crippen LogP contribution in [0.2, 0.25) is 0 Å². The lowest BCUT2D eigenvalue weighted by molar-refractivity contribution is -0.143. The van der Waals surface area contributed by atoms with Gasteiger partial charge < -0.3 is 25.5 Å². The average Bonchev–Trinajstić information content (AvgIpc) is 3.95. The normalized spacial score (nSPS) is 24.8. The van der Waals surface area contributed by atoms with Crippen LogP contribution in [0.4, 0.5) is 13.6 Å². The molecule has 0 bridgehead atoms. The van der Waals surface area contributed by atoms with Gasteiger partial charge in [0.15, 0.2) is 0 Å². The van der Waals surface area contributed by atoms with E-state index in [1.807, 2.05) is 53.3 Å². The van der Waals surface area contributed by atoms with E-state index in [0.29, 0.717) is 18.6 Å². The van der Waals surface area contributed by atoms with Crippen LogP contribution < -0.4 is 15.4 Å². The second-order valence-corrected chi connectivity index (χ2v) is 16.0. The number of fused-ring (bicyclic) bond motifs is 3. The highest BCUT2D eigenvalue weighted by Gasteiger charge is 2.66. The Labute approximate surface area is 281 Å². The first-order valence-electron chi connectivity index (χ1n) is 15.9. The number of oxime groups is 1. The molecule has 3 fully saturated rings. The van der Waals surface area contributed by atoms with Crippen LogP contribution in [0.3, 0.4) is 0 Å². The number of benzene rings is 2. The molecule has 2 saturated carbocycles. The first-order chi connectivity index (χ1) is 23.0. The maximum Gasteiger partial charge on any atom is 0.405 e. The summed E-state index contributed by atoms with van der Waals surface area (Å²) in [4.78, 5) is 59.8. The molecule has 1 saturated heterocycles. The Hall–Kier alpha value is -4.60. The summed E-state index contributed by atoms with van der Waals surface area (Å²) in [5.41, 5.74) is 0.857. The van der Waals surface area contributed by atoms with Gasteiger partial charge in [-0.1, -0.05) is 74.5 Å². The van der Waals surface area contributed by atoms with Gasteiger partial charge in [0.05, 0.1) is 17.7 Å². The van der Waals surface area contributed by atoms with Crippen molar-refractivity contribution in [2.75, 3.05) is 6.54 Å². The van der Waals surface area contributed by atoms with Crippen molar-refractivity contribution >= 4 is 39.5 Å². The summed E-state index contributed by atoms with van der Waals surface area (Å²) in [6, 6.07) is 12.4. The third-order valence-electron chi connectivity index (χ3n) is 9.45. The Morgan fingerprint density at radius 2 is 1.57 bits per heavy atom. The fourth-order valence-electron chi connectivity index (χ4n) is 6.56. The van der Waals surface area contributed by atoms with E-state index in [1.165, 1.54) is 0 Å². The Bertz CT molecular complexity index is 1800. The number of likely N-dealkylation sites (tertiary alicyclic amines) is 1. The predicted octanol–water partition coefficient (Wildman–Crippen LogP) is 2.84. The fraction of sp³-hybridized carbons (Fsp3) is 0.485. The number of hydrogen-bond donors (Lipinski definition) is 4. The third kappa shape index (κ3) is 6.57. The van der Waals surface area contributed by atoms with Gasteiger partial charge in [0.2, 0.25) is 28.3 Å². The number of carbonyl (C=O) groups is 4. The number of carbonyl (C=O) groups excluding carboxylic acids is 3. The number of nitrogens with zero attached hydrogens (tertiary/aromatic N) is 2. The quantitative estimate of drug-likeness (QED) is 0.233. The zero-order chi connectivity index (χ0) is 35.5. The summed E-state index contributed by atoms with van der Waals surface area (Å²) in [5.74, 6) is -4.70. The molecule has 49 heavy (non-hydrogen) atoms. The lowest BCUT2D eigenvalue weighted by Gasteiger charge is -2.35. The fourth-order valence-corrected chi connectivity index (χ4v) is 7.93. The molecule has 4 aliphatic rings. The Morgan fingerprint density at radius 1 is 1.00 bits per heavy atom. The standard InChI is InChI=1S/C33H37F2N5O8S/c1-32(2,3)26(36-31(44)45)29(42)40-16-17(48-38-25-21-10-6-4-8-19(21)20-9-5-7-11-22(20)25)14-24(40)28(41)37-33(15-23(33)27(34)35)30(43)39-49(46,47)18-12-13-18/h4-11,17-18,23-24,26-27,36H,12-16H2,1-3H3,(H,37,41)(H,39,43)(H,44,45)/t17-,23+,24+,26-,33+/m1/s1. The molecular weight excluding hydrogens is 664 g/mol. The lowest BCUT2D eigenvalue weighted by atomic mass is 9.85. The number of amides is 4. The number of alkyl halides is 2. The zero-order valence-corrected chi connectivity index (χ0v) is 27.8. The Morgan fingerprint density at radius 3 is 2.06 bits per heavy atom. The van der Waals surface area contributed by atoms with E-state index >= 15 is 0 Å². The monoisotopic (exact) mass is 701 g/mol. The van der Waals surface area contributed by atoms with E-state index in [2.05, 4.69) is 15.8 Å². The molecule has 13 nitrogen and oxygen atoms in total. The van der Waals surface area contributed by atoms with Crippen molar-refractivity contribution in [2.24, 2.45) is 16.5 Å². The molecule has 6 rings (SSSR count). The summed E-state index contributed by atoms with van der Waals surface area (Å²) < 4.78 is 54.8. The van der Waals surface area contributed by atoms with Gasteiger partial charge in [-0.25, -0.2) is 22.0 Å². The molecule has 4 amide bonds. The van der Waals surface area contributed by atoms with Crippen molar-refractivity contribution < 1.29 is 46.3 Å². The van der Waals surface area contributed by atoms with E-state index in [1.54, 1.807) is 20.8 Å². The van der Waals surface area contributed by atoms with Gasteiger partial charge in [-0.3, -0.25) is 19.1 Å². The molecule has 1 aliphatic heterocycles. The molecule has 2 aromatic carbocycles. The smallest absolute Gasteiger partial charge is 0.405 e. The van der Waals surface area contributed by atoms with E-state index in [-0.39, 0.29) is 13.0 Å². The van der Waals surface area contributed by atoms with Crippen molar-refractivity contribution in [3.8, 4) is 11.1 Å². The first-order valence-corrected chi connectivity index (χ1v) is 17.5. The molecular formula is C33H37F2N5O8S. The molecule has 4 N–H and O–H groups in total. The second kappa shape index (κ2) is 12.4. The molecule has 1 heterocycles. The SMILES string of the molecule is CC(C)(C)[C@H](NC(=O)O)C(=O)N1C[C@H](ON=C2c3ccccc3-c3ccccc32)C[C@H]1C(=O)N[C@@]1(C(=O)NS(=O)(=O)C2CC2)C[C@H]1C(F)F. The highest BCUT2D eigenvalue weighted by atomic mass is 32.2. The van der Waals surface area contributed by atoms with E-state index in [4.69, 9.17) is 4.84 Å². The minimum atomic E-state index is -4.12. The van der Waals surface area contributed by atoms with Crippen LogP contribution in [0.25, 0.3) is 11.1 Å². The molecule has 5 atom stereocenters. The van der Waals surface area contributed by atoms with Gasteiger partial charge in [0, 0.05) is 17.5 Å². The Balaban J connectivity index is 1.29. The van der Waals surface area contributed by atoms with Crippen LogP contribution >= 0.6 is 0 Å².